The van der Waals surface area contributed by atoms with Gasteiger partial charge in [-0.2, -0.15) is 0 Å². The predicted molar refractivity (Wildman–Crippen MR) is 126 cm³/mol. The van der Waals surface area contributed by atoms with Gasteiger partial charge < -0.3 is 14.0 Å². The van der Waals surface area contributed by atoms with Crippen molar-refractivity contribution in [3.63, 3.8) is 0 Å². The van der Waals surface area contributed by atoms with E-state index in [4.69, 9.17) is 21.1 Å². The van der Waals surface area contributed by atoms with Crippen molar-refractivity contribution < 1.29 is 22.6 Å². The van der Waals surface area contributed by atoms with Crippen molar-refractivity contribution in [3.8, 4) is 45.0 Å². The zero-order valence-corrected chi connectivity index (χ0v) is 19.2. The van der Waals surface area contributed by atoms with Crippen LogP contribution in [0.25, 0.3) is 33.5 Å². The Morgan fingerprint density at radius 2 is 1.41 bits per heavy atom. The van der Waals surface area contributed by atoms with E-state index in [1.54, 1.807) is 12.1 Å². The van der Waals surface area contributed by atoms with Gasteiger partial charge in [-0.05, 0) is 24.3 Å². The van der Waals surface area contributed by atoms with Gasteiger partial charge in [-0.25, -0.2) is 13.2 Å². The zero-order chi connectivity index (χ0) is 24.6. The highest BCUT2D eigenvalue weighted by molar-refractivity contribution is 6.35. The van der Waals surface area contributed by atoms with Gasteiger partial charge in [-0.3, -0.25) is 4.79 Å². The molecule has 34 heavy (non-hydrogen) atoms. The fourth-order valence-electron chi connectivity index (χ4n) is 3.90. The van der Waals surface area contributed by atoms with Crippen molar-refractivity contribution in [2.24, 2.45) is 7.05 Å². The Morgan fingerprint density at radius 1 is 0.765 bits per heavy atom. The quantitative estimate of drug-likeness (QED) is 0.325. The Balaban J connectivity index is 2.28. The van der Waals surface area contributed by atoms with Gasteiger partial charge in [0.25, 0.3) is 5.56 Å². The van der Waals surface area contributed by atoms with Gasteiger partial charge in [0.15, 0.2) is 0 Å². The van der Waals surface area contributed by atoms with E-state index in [9.17, 15) is 9.18 Å². The standard InChI is InChI=1S/C26H19ClF3NO3/c1-31-22(32)13-16(15-7-4-5-8-18(15)28)23(26(31)24-19(29)9-6-10-20(24)30)17-11-14(33-2)12-21(34-3)25(17)27/h4-13H,1-3H3. The third kappa shape index (κ3) is 3.92. The Kier molecular flexibility index (Phi) is 6.39. The Hall–Kier alpha value is -3.71. The molecule has 174 valence electrons. The molecule has 1 heterocycles. The molecule has 4 nitrogen and oxygen atoms in total. The van der Waals surface area contributed by atoms with Crippen LogP contribution < -0.4 is 15.0 Å². The second kappa shape index (κ2) is 9.27. The number of benzene rings is 3. The highest BCUT2D eigenvalue weighted by atomic mass is 35.5. The molecule has 0 saturated heterocycles. The first kappa shape index (κ1) is 23.4. The number of methoxy groups -OCH3 is 2. The van der Waals surface area contributed by atoms with Gasteiger partial charge in [-0.15, -0.1) is 0 Å². The highest BCUT2D eigenvalue weighted by Crippen LogP contribution is 2.47. The number of hydrogen-bond acceptors (Lipinski definition) is 3. The maximum Gasteiger partial charge on any atom is 0.251 e. The zero-order valence-electron chi connectivity index (χ0n) is 18.5. The molecule has 0 aliphatic rings. The van der Waals surface area contributed by atoms with Crippen LogP contribution in [0.4, 0.5) is 13.2 Å². The fourth-order valence-corrected chi connectivity index (χ4v) is 4.18. The summed E-state index contributed by atoms with van der Waals surface area (Å²) >= 11 is 6.65. The summed E-state index contributed by atoms with van der Waals surface area (Å²) in [4.78, 5) is 13.0. The molecule has 0 atom stereocenters. The summed E-state index contributed by atoms with van der Waals surface area (Å²) in [5.41, 5.74) is -0.609. The van der Waals surface area contributed by atoms with Crippen molar-refractivity contribution in [2.75, 3.05) is 14.2 Å². The largest absolute Gasteiger partial charge is 0.497 e. The molecular weight excluding hydrogens is 467 g/mol. The maximum absolute atomic E-state index is 15.0. The summed E-state index contributed by atoms with van der Waals surface area (Å²) in [7, 11) is 4.21. The average molecular weight is 486 g/mol. The smallest absolute Gasteiger partial charge is 0.251 e. The van der Waals surface area contributed by atoms with E-state index in [1.807, 2.05) is 0 Å². The molecule has 0 aliphatic carbocycles. The summed E-state index contributed by atoms with van der Waals surface area (Å²) in [6.07, 6.45) is 0. The molecule has 0 N–H and O–H groups in total. The van der Waals surface area contributed by atoms with Crippen LogP contribution in [-0.4, -0.2) is 18.8 Å². The van der Waals surface area contributed by atoms with Crippen LogP contribution in [0.15, 0.2) is 65.5 Å². The number of halogens is 4. The topological polar surface area (TPSA) is 40.5 Å². The Morgan fingerprint density at radius 3 is 2.03 bits per heavy atom. The lowest BCUT2D eigenvalue weighted by atomic mass is 9.90. The van der Waals surface area contributed by atoms with E-state index < -0.39 is 28.6 Å². The molecule has 8 heteroatoms. The van der Waals surface area contributed by atoms with Gasteiger partial charge >= 0.3 is 0 Å². The first-order valence-electron chi connectivity index (χ1n) is 10.1. The van der Waals surface area contributed by atoms with Crippen molar-refractivity contribution in [3.05, 3.63) is 93.5 Å². The highest BCUT2D eigenvalue weighted by Gasteiger charge is 2.27. The van der Waals surface area contributed by atoms with E-state index in [2.05, 4.69) is 0 Å². The number of pyridine rings is 1. The molecule has 0 fully saturated rings. The van der Waals surface area contributed by atoms with Crippen molar-refractivity contribution in [2.45, 2.75) is 0 Å². The molecule has 0 spiro atoms. The lowest BCUT2D eigenvalue weighted by Gasteiger charge is -2.22. The summed E-state index contributed by atoms with van der Waals surface area (Å²) in [5, 5.41) is 0.0949. The van der Waals surface area contributed by atoms with E-state index in [-0.39, 0.29) is 38.7 Å². The lowest BCUT2D eigenvalue weighted by molar-refractivity contribution is 0.395. The van der Waals surface area contributed by atoms with Crippen LogP contribution in [0.1, 0.15) is 0 Å². The molecule has 0 saturated carbocycles. The molecule has 0 amide bonds. The number of nitrogens with zero attached hydrogens (tertiary/aromatic N) is 1. The summed E-state index contributed by atoms with van der Waals surface area (Å²) in [5.74, 6) is -1.85. The molecule has 0 unspecified atom stereocenters. The number of rotatable bonds is 5. The van der Waals surface area contributed by atoms with E-state index in [0.29, 0.717) is 5.75 Å². The van der Waals surface area contributed by atoms with E-state index >= 15 is 8.78 Å². The minimum atomic E-state index is -0.895. The molecule has 0 bridgehead atoms. The Bertz CT molecular complexity index is 1450. The summed E-state index contributed by atoms with van der Waals surface area (Å²) in [6, 6.07) is 13.5. The second-order valence-corrected chi connectivity index (χ2v) is 7.82. The van der Waals surface area contributed by atoms with E-state index in [0.717, 1.165) is 16.7 Å². The Labute approximate surface area is 198 Å². The number of hydrogen-bond donors (Lipinski definition) is 0. The van der Waals surface area contributed by atoms with Gasteiger partial charge in [0.1, 0.15) is 29.0 Å². The predicted octanol–water partition coefficient (Wildman–Crippen LogP) is 6.47. The molecular formula is C26H19ClF3NO3. The SMILES string of the molecule is COc1cc(OC)c(Cl)c(-c2c(-c3ccccc3F)cc(=O)n(C)c2-c2c(F)cccc2F)c1. The molecule has 4 aromatic rings. The normalized spacial score (nSPS) is 10.9. The van der Waals surface area contributed by atoms with Gasteiger partial charge in [0.2, 0.25) is 0 Å². The fraction of sp³-hybridized carbons (Fsp3) is 0.115. The van der Waals surface area contributed by atoms with E-state index in [1.165, 1.54) is 57.7 Å². The van der Waals surface area contributed by atoms with Crippen LogP contribution in [0, 0.1) is 17.5 Å². The van der Waals surface area contributed by atoms with Crippen molar-refractivity contribution >= 4 is 11.6 Å². The molecule has 0 aliphatic heterocycles. The molecule has 4 rings (SSSR count). The van der Waals surface area contributed by atoms with Gasteiger partial charge in [0.05, 0.1) is 30.5 Å². The number of aromatic nitrogens is 1. The number of ether oxygens (including phenoxy) is 2. The van der Waals surface area contributed by atoms with Crippen molar-refractivity contribution in [1.29, 1.82) is 0 Å². The van der Waals surface area contributed by atoms with Crippen LogP contribution in [-0.2, 0) is 7.05 Å². The third-order valence-electron chi connectivity index (χ3n) is 5.54. The minimum absolute atomic E-state index is 0.0612. The van der Waals surface area contributed by atoms with Crippen LogP contribution >= 0.6 is 11.6 Å². The first-order valence-corrected chi connectivity index (χ1v) is 10.5. The van der Waals surface area contributed by atoms with Gasteiger partial charge in [-0.1, -0.05) is 35.9 Å². The molecule has 0 radical (unpaired) electrons. The first-order chi connectivity index (χ1) is 16.3. The third-order valence-corrected chi connectivity index (χ3v) is 5.93. The summed E-state index contributed by atoms with van der Waals surface area (Å²) in [6.45, 7) is 0. The van der Waals surface area contributed by atoms with Crippen LogP contribution in [0.2, 0.25) is 5.02 Å². The molecule has 3 aromatic carbocycles. The van der Waals surface area contributed by atoms with Gasteiger partial charge in [0, 0.05) is 41.4 Å². The maximum atomic E-state index is 15.0. The average Bonchev–Trinajstić information content (AvgIpc) is 2.82. The minimum Gasteiger partial charge on any atom is -0.497 e. The van der Waals surface area contributed by atoms with Crippen molar-refractivity contribution in [1.82, 2.24) is 4.57 Å². The second-order valence-electron chi connectivity index (χ2n) is 7.45. The lowest BCUT2D eigenvalue weighted by Crippen LogP contribution is -2.20. The monoisotopic (exact) mass is 485 g/mol. The summed E-state index contributed by atoms with van der Waals surface area (Å²) < 4.78 is 56.8. The molecule has 1 aromatic heterocycles. The van der Waals surface area contributed by atoms with Crippen LogP contribution in [0.5, 0.6) is 11.5 Å². The van der Waals surface area contributed by atoms with Crippen LogP contribution in [0.3, 0.4) is 0 Å².